The van der Waals surface area contributed by atoms with Crippen LogP contribution >= 0.6 is 11.3 Å². The van der Waals surface area contributed by atoms with Gasteiger partial charge in [-0.3, -0.25) is 14.5 Å². The fraction of sp³-hybridized carbons (Fsp3) is 0.136. The van der Waals surface area contributed by atoms with E-state index < -0.39 is 0 Å². The summed E-state index contributed by atoms with van der Waals surface area (Å²) < 4.78 is 13.1. The van der Waals surface area contributed by atoms with Crippen molar-refractivity contribution in [2.75, 3.05) is 13.7 Å². The Bertz CT molecular complexity index is 1420. The second-order valence-corrected chi connectivity index (χ2v) is 7.54. The normalized spacial score (nSPS) is 11.3. The van der Waals surface area contributed by atoms with E-state index in [0.29, 0.717) is 29.2 Å². The third-order valence-electron chi connectivity index (χ3n) is 4.89. The first-order valence-electron chi connectivity index (χ1n) is 9.44. The minimum absolute atomic E-state index is 0.287. The summed E-state index contributed by atoms with van der Waals surface area (Å²) in [5.74, 6) is 1.32. The number of pyridine rings is 2. The summed E-state index contributed by atoms with van der Waals surface area (Å²) in [6.07, 6.45) is 3.44. The maximum Gasteiger partial charge on any atom is 0.332 e. The SMILES string of the molecule is CCOc1ccnc2[nH]c(=O)n(-c3ccc4ncc(-c5cccs5)c(OC)c4c3)c12. The molecule has 5 aromatic rings. The largest absolute Gasteiger partial charge is 0.495 e. The number of hydrogen-bond donors (Lipinski definition) is 1. The number of imidazole rings is 1. The molecule has 4 heterocycles. The van der Waals surface area contributed by atoms with Crippen molar-refractivity contribution >= 4 is 33.4 Å². The highest BCUT2D eigenvalue weighted by atomic mass is 32.1. The smallest absolute Gasteiger partial charge is 0.332 e. The van der Waals surface area contributed by atoms with Gasteiger partial charge in [0.1, 0.15) is 17.0 Å². The lowest BCUT2D eigenvalue weighted by molar-refractivity contribution is 0.343. The molecule has 8 heteroatoms. The van der Waals surface area contributed by atoms with Crippen LogP contribution in [0.25, 0.3) is 38.2 Å². The number of hydrogen-bond acceptors (Lipinski definition) is 6. The molecule has 0 fully saturated rings. The van der Waals surface area contributed by atoms with E-state index in [1.165, 1.54) is 0 Å². The maximum atomic E-state index is 12.8. The zero-order valence-corrected chi connectivity index (χ0v) is 17.2. The van der Waals surface area contributed by atoms with Crippen molar-refractivity contribution in [1.82, 2.24) is 19.5 Å². The van der Waals surface area contributed by atoms with Gasteiger partial charge in [-0.25, -0.2) is 9.78 Å². The van der Waals surface area contributed by atoms with Crippen LogP contribution in [-0.2, 0) is 0 Å². The molecule has 5 rings (SSSR count). The van der Waals surface area contributed by atoms with Crippen molar-refractivity contribution in [1.29, 1.82) is 0 Å². The van der Waals surface area contributed by atoms with Crippen LogP contribution < -0.4 is 15.2 Å². The molecule has 150 valence electrons. The van der Waals surface area contributed by atoms with Gasteiger partial charge >= 0.3 is 5.69 Å². The Balaban J connectivity index is 1.79. The number of benzene rings is 1. The van der Waals surface area contributed by atoms with Gasteiger partial charge in [-0.2, -0.15) is 0 Å². The Hall–Kier alpha value is -3.65. The molecule has 0 unspecified atom stereocenters. The van der Waals surface area contributed by atoms with Gasteiger partial charge in [0.15, 0.2) is 5.65 Å². The Morgan fingerprint density at radius 1 is 1.20 bits per heavy atom. The van der Waals surface area contributed by atoms with E-state index in [9.17, 15) is 4.79 Å². The summed E-state index contributed by atoms with van der Waals surface area (Å²) in [5, 5.41) is 2.84. The summed E-state index contributed by atoms with van der Waals surface area (Å²) in [7, 11) is 1.65. The van der Waals surface area contributed by atoms with E-state index in [2.05, 4.69) is 15.0 Å². The molecular formula is C22H18N4O3S. The quantitative estimate of drug-likeness (QED) is 0.458. The van der Waals surface area contributed by atoms with Crippen molar-refractivity contribution in [3.8, 4) is 27.6 Å². The predicted octanol–water partition coefficient (Wildman–Crippen LogP) is 4.40. The highest BCUT2D eigenvalue weighted by Gasteiger charge is 2.17. The molecule has 0 aliphatic heterocycles. The van der Waals surface area contributed by atoms with Crippen molar-refractivity contribution < 1.29 is 9.47 Å². The molecule has 0 atom stereocenters. The third kappa shape index (κ3) is 2.84. The van der Waals surface area contributed by atoms with Crippen molar-refractivity contribution in [2.45, 2.75) is 6.92 Å². The van der Waals surface area contributed by atoms with Crippen LogP contribution in [0.3, 0.4) is 0 Å². The minimum atomic E-state index is -0.287. The Morgan fingerprint density at radius 3 is 2.87 bits per heavy atom. The van der Waals surface area contributed by atoms with Gasteiger partial charge < -0.3 is 9.47 Å². The standard InChI is InChI=1S/C22H18N4O3S/c1-3-29-17-8-9-23-21-19(17)26(22(27)25-21)13-6-7-16-14(11-13)20(28-2)15(12-24-16)18-5-4-10-30-18/h4-12H,3H2,1-2H3,(H,23,25,27). The van der Waals surface area contributed by atoms with E-state index in [1.54, 1.807) is 35.3 Å². The number of nitrogens with one attached hydrogen (secondary N) is 1. The number of aromatic amines is 1. The molecule has 1 aromatic carbocycles. The van der Waals surface area contributed by atoms with Crippen LogP contribution in [0.1, 0.15) is 6.92 Å². The van der Waals surface area contributed by atoms with Crippen LogP contribution in [0.15, 0.2) is 59.0 Å². The first-order chi connectivity index (χ1) is 14.7. The average Bonchev–Trinajstić information content (AvgIpc) is 3.40. The monoisotopic (exact) mass is 418 g/mol. The summed E-state index contributed by atoms with van der Waals surface area (Å²) >= 11 is 1.62. The van der Waals surface area contributed by atoms with Gasteiger partial charge in [0, 0.05) is 28.7 Å². The topological polar surface area (TPSA) is 82.0 Å². The number of thiophene rings is 1. The number of methoxy groups -OCH3 is 1. The number of aromatic nitrogens is 4. The third-order valence-corrected chi connectivity index (χ3v) is 5.79. The van der Waals surface area contributed by atoms with Crippen LogP contribution in [0, 0.1) is 0 Å². The summed E-state index contributed by atoms with van der Waals surface area (Å²) in [4.78, 5) is 25.6. The van der Waals surface area contributed by atoms with E-state index in [4.69, 9.17) is 9.47 Å². The fourth-order valence-corrected chi connectivity index (χ4v) is 4.38. The second-order valence-electron chi connectivity index (χ2n) is 6.59. The van der Waals surface area contributed by atoms with Gasteiger partial charge in [-0.05, 0) is 36.6 Å². The number of rotatable bonds is 5. The lowest BCUT2D eigenvalue weighted by atomic mass is 10.1. The molecule has 0 bridgehead atoms. The van der Waals surface area contributed by atoms with E-state index in [-0.39, 0.29) is 5.69 Å². The first-order valence-corrected chi connectivity index (χ1v) is 10.3. The van der Waals surface area contributed by atoms with E-state index in [0.717, 1.165) is 27.1 Å². The highest BCUT2D eigenvalue weighted by molar-refractivity contribution is 7.13. The van der Waals surface area contributed by atoms with Crippen LogP contribution in [-0.4, -0.2) is 33.2 Å². The molecule has 4 aromatic heterocycles. The molecule has 1 N–H and O–H groups in total. The van der Waals surface area contributed by atoms with E-state index in [1.807, 2.05) is 48.8 Å². The van der Waals surface area contributed by atoms with Crippen molar-refractivity contribution in [2.24, 2.45) is 0 Å². The summed E-state index contributed by atoms with van der Waals surface area (Å²) in [6.45, 7) is 2.39. The number of nitrogens with zero attached hydrogens (tertiary/aromatic N) is 3. The molecule has 30 heavy (non-hydrogen) atoms. The molecule has 0 amide bonds. The van der Waals surface area contributed by atoms with Crippen LogP contribution in [0.2, 0.25) is 0 Å². The molecule has 0 aliphatic carbocycles. The van der Waals surface area contributed by atoms with Gasteiger partial charge in [0.2, 0.25) is 0 Å². The Morgan fingerprint density at radius 2 is 2.10 bits per heavy atom. The lowest BCUT2D eigenvalue weighted by Gasteiger charge is -2.12. The highest BCUT2D eigenvalue weighted by Crippen LogP contribution is 2.38. The number of fused-ring (bicyclic) bond motifs is 2. The molecule has 0 saturated carbocycles. The van der Waals surface area contributed by atoms with Crippen molar-refractivity contribution in [3.05, 3.63) is 64.7 Å². The van der Waals surface area contributed by atoms with Gasteiger partial charge in [-0.1, -0.05) is 6.07 Å². The fourth-order valence-electron chi connectivity index (χ4n) is 3.64. The molecule has 7 nitrogen and oxygen atoms in total. The summed E-state index contributed by atoms with van der Waals surface area (Å²) in [6, 6.07) is 11.4. The zero-order valence-electron chi connectivity index (χ0n) is 16.4. The summed E-state index contributed by atoms with van der Waals surface area (Å²) in [5.41, 5.74) is 3.17. The molecule has 0 spiro atoms. The average molecular weight is 418 g/mol. The Labute approximate surface area is 175 Å². The van der Waals surface area contributed by atoms with E-state index >= 15 is 0 Å². The van der Waals surface area contributed by atoms with Gasteiger partial charge in [-0.15, -0.1) is 11.3 Å². The molecular weight excluding hydrogens is 400 g/mol. The van der Waals surface area contributed by atoms with Gasteiger partial charge in [0.05, 0.1) is 30.5 Å². The van der Waals surface area contributed by atoms with Crippen LogP contribution in [0.5, 0.6) is 11.5 Å². The first kappa shape index (κ1) is 18.4. The number of ether oxygens (including phenoxy) is 2. The predicted molar refractivity (Wildman–Crippen MR) is 118 cm³/mol. The van der Waals surface area contributed by atoms with Crippen molar-refractivity contribution in [3.63, 3.8) is 0 Å². The minimum Gasteiger partial charge on any atom is -0.495 e. The maximum absolute atomic E-state index is 12.8. The van der Waals surface area contributed by atoms with Crippen LogP contribution in [0.4, 0.5) is 0 Å². The zero-order chi connectivity index (χ0) is 20.7. The lowest BCUT2D eigenvalue weighted by Crippen LogP contribution is -2.15. The molecule has 0 radical (unpaired) electrons. The van der Waals surface area contributed by atoms with Gasteiger partial charge in [0.25, 0.3) is 0 Å². The number of H-pyrrole nitrogens is 1. The molecule has 0 aliphatic rings. The molecule has 0 saturated heterocycles. The Kier molecular flexibility index (Phi) is 4.48. The second kappa shape index (κ2) is 7.31.